The van der Waals surface area contributed by atoms with Crippen molar-refractivity contribution < 1.29 is 9.53 Å². The van der Waals surface area contributed by atoms with Crippen LogP contribution >= 0.6 is 11.6 Å². The van der Waals surface area contributed by atoms with E-state index in [1.165, 1.54) is 0 Å². The van der Waals surface area contributed by atoms with Crippen LogP contribution in [0.2, 0.25) is 5.02 Å². The lowest BCUT2D eigenvalue weighted by Crippen LogP contribution is -2.43. The number of benzene rings is 2. The average Bonchev–Trinajstić information content (AvgIpc) is 2.73. The maximum absolute atomic E-state index is 13.0. The lowest BCUT2D eigenvalue weighted by molar-refractivity contribution is -0.127. The van der Waals surface area contributed by atoms with E-state index in [2.05, 4.69) is 29.3 Å². The number of amides is 1. The van der Waals surface area contributed by atoms with E-state index in [0.29, 0.717) is 0 Å². The minimum absolute atomic E-state index is 0.0135. The van der Waals surface area contributed by atoms with Gasteiger partial charge in [-0.05, 0) is 61.6 Å². The highest BCUT2D eigenvalue weighted by molar-refractivity contribution is 6.31. The van der Waals surface area contributed by atoms with Crippen molar-refractivity contribution in [3.63, 3.8) is 0 Å². The Kier molecular flexibility index (Phi) is 7.57. The molecule has 0 radical (unpaired) electrons. The van der Waals surface area contributed by atoms with Crippen LogP contribution in [0.5, 0.6) is 5.75 Å². The first-order valence-corrected chi connectivity index (χ1v) is 10.8. The van der Waals surface area contributed by atoms with E-state index in [9.17, 15) is 4.79 Å². The number of halogens is 1. The van der Waals surface area contributed by atoms with Gasteiger partial charge in [-0.1, -0.05) is 48.9 Å². The van der Waals surface area contributed by atoms with Crippen LogP contribution in [0, 0.1) is 12.8 Å². The van der Waals surface area contributed by atoms with Crippen molar-refractivity contribution >= 4 is 17.5 Å². The zero-order valence-corrected chi connectivity index (χ0v) is 18.3. The number of piperidine rings is 1. The Hall–Kier alpha value is -2.04. The molecule has 0 bridgehead atoms. The molecular weight excluding hydrogens is 384 g/mol. The highest BCUT2D eigenvalue weighted by Crippen LogP contribution is 2.26. The van der Waals surface area contributed by atoms with Crippen LogP contribution in [0.3, 0.4) is 0 Å². The van der Waals surface area contributed by atoms with E-state index < -0.39 is 0 Å². The largest absolute Gasteiger partial charge is 0.496 e. The van der Waals surface area contributed by atoms with Crippen LogP contribution < -0.4 is 10.1 Å². The monoisotopic (exact) mass is 414 g/mol. The van der Waals surface area contributed by atoms with Crippen molar-refractivity contribution in [2.75, 3.05) is 20.2 Å². The fraction of sp³-hybridized carbons (Fsp3) is 0.458. The first-order valence-electron chi connectivity index (χ1n) is 10.4. The second-order valence-electron chi connectivity index (χ2n) is 7.86. The number of likely N-dealkylation sites (tertiary alicyclic amines) is 1. The Bertz CT molecular complexity index is 839. The molecule has 0 unspecified atom stereocenters. The summed E-state index contributed by atoms with van der Waals surface area (Å²) in [4.78, 5) is 15.4. The van der Waals surface area contributed by atoms with Gasteiger partial charge in [0.2, 0.25) is 5.91 Å². The molecule has 3 rings (SSSR count). The van der Waals surface area contributed by atoms with E-state index in [1.807, 2.05) is 37.3 Å². The molecule has 0 aromatic heterocycles. The second kappa shape index (κ2) is 10.1. The van der Waals surface area contributed by atoms with E-state index in [0.717, 1.165) is 66.4 Å². The second-order valence-corrected chi connectivity index (χ2v) is 8.27. The van der Waals surface area contributed by atoms with Gasteiger partial charge in [0, 0.05) is 18.1 Å². The lowest BCUT2D eigenvalue weighted by Gasteiger charge is -2.33. The quantitative estimate of drug-likeness (QED) is 0.682. The van der Waals surface area contributed by atoms with Gasteiger partial charge in [-0.15, -0.1) is 0 Å². The zero-order valence-electron chi connectivity index (χ0n) is 17.6. The first kappa shape index (κ1) is 21.7. The molecule has 1 saturated heterocycles. The van der Waals surface area contributed by atoms with Gasteiger partial charge in [-0.3, -0.25) is 9.69 Å². The number of ether oxygens (including phenoxy) is 1. The van der Waals surface area contributed by atoms with Gasteiger partial charge in [-0.25, -0.2) is 0 Å². The summed E-state index contributed by atoms with van der Waals surface area (Å²) < 4.78 is 5.36. The summed E-state index contributed by atoms with van der Waals surface area (Å²) >= 11 is 6.32. The van der Waals surface area contributed by atoms with Gasteiger partial charge >= 0.3 is 0 Å². The van der Waals surface area contributed by atoms with E-state index in [4.69, 9.17) is 16.3 Å². The summed E-state index contributed by atoms with van der Waals surface area (Å²) in [5.74, 6) is 1.03. The minimum Gasteiger partial charge on any atom is -0.496 e. The number of carbonyl (C=O) groups excluding carboxylic acids is 1. The van der Waals surface area contributed by atoms with Crippen molar-refractivity contribution in [2.24, 2.45) is 5.92 Å². The van der Waals surface area contributed by atoms with Crippen molar-refractivity contribution in [3.05, 3.63) is 64.2 Å². The van der Waals surface area contributed by atoms with Crippen LogP contribution in [0.4, 0.5) is 0 Å². The van der Waals surface area contributed by atoms with Crippen LogP contribution in [-0.2, 0) is 11.3 Å². The highest BCUT2D eigenvalue weighted by Gasteiger charge is 2.27. The molecule has 1 fully saturated rings. The Morgan fingerprint density at radius 2 is 2.10 bits per heavy atom. The first-order chi connectivity index (χ1) is 14.0. The number of rotatable bonds is 7. The van der Waals surface area contributed by atoms with Crippen molar-refractivity contribution in [1.29, 1.82) is 0 Å². The van der Waals surface area contributed by atoms with Gasteiger partial charge in [0.05, 0.1) is 19.1 Å². The molecule has 1 amide bonds. The normalized spacial score (nSPS) is 18.3. The van der Waals surface area contributed by atoms with Gasteiger partial charge in [0.15, 0.2) is 0 Å². The van der Waals surface area contributed by atoms with Crippen molar-refractivity contribution in [3.8, 4) is 5.75 Å². The molecule has 2 aromatic rings. The fourth-order valence-electron chi connectivity index (χ4n) is 4.11. The summed E-state index contributed by atoms with van der Waals surface area (Å²) in [6, 6.07) is 14.1. The Labute approximate surface area is 179 Å². The molecule has 5 heteroatoms. The lowest BCUT2D eigenvalue weighted by atomic mass is 9.95. The zero-order chi connectivity index (χ0) is 20.8. The van der Waals surface area contributed by atoms with Crippen LogP contribution in [0.25, 0.3) is 0 Å². The molecule has 1 N–H and O–H groups in total. The maximum Gasteiger partial charge on any atom is 0.224 e. The predicted molar refractivity (Wildman–Crippen MR) is 118 cm³/mol. The highest BCUT2D eigenvalue weighted by atomic mass is 35.5. The van der Waals surface area contributed by atoms with Gasteiger partial charge < -0.3 is 10.1 Å². The third kappa shape index (κ3) is 5.52. The third-order valence-electron chi connectivity index (χ3n) is 5.77. The molecular formula is C24H31ClN2O2. The number of nitrogens with zero attached hydrogens (tertiary/aromatic N) is 1. The number of nitrogens with one attached hydrogen (secondary N) is 1. The smallest absolute Gasteiger partial charge is 0.224 e. The maximum atomic E-state index is 13.0. The third-order valence-corrected chi connectivity index (χ3v) is 6.14. The van der Waals surface area contributed by atoms with Crippen molar-refractivity contribution in [2.45, 2.75) is 45.7 Å². The molecule has 1 heterocycles. The van der Waals surface area contributed by atoms with Crippen LogP contribution in [-0.4, -0.2) is 31.0 Å². The fourth-order valence-corrected chi connectivity index (χ4v) is 4.31. The molecule has 156 valence electrons. The van der Waals surface area contributed by atoms with E-state index in [-0.39, 0.29) is 17.9 Å². The van der Waals surface area contributed by atoms with Gasteiger partial charge in [0.25, 0.3) is 0 Å². The molecule has 0 aliphatic carbocycles. The number of hydrogen-bond acceptors (Lipinski definition) is 3. The van der Waals surface area contributed by atoms with Crippen LogP contribution in [0.1, 0.15) is 48.9 Å². The standard InChI is InChI=1S/C24H31ClN2O2/c1-4-22(18-11-12-23(29-3)17(2)14-18)26-24(28)20-9-7-13-27(16-20)15-19-8-5-6-10-21(19)25/h5-6,8,10-12,14,20,22H,4,7,9,13,15-16H2,1-3H3,(H,26,28)/t20-,22+/m1/s1. The van der Waals surface area contributed by atoms with Gasteiger partial charge in [-0.2, -0.15) is 0 Å². The van der Waals surface area contributed by atoms with Gasteiger partial charge in [0.1, 0.15) is 5.75 Å². The summed E-state index contributed by atoms with van der Waals surface area (Å²) in [6.07, 6.45) is 2.82. The Morgan fingerprint density at radius 3 is 2.79 bits per heavy atom. The molecule has 29 heavy (non-hydrogen) atoms. The summed E-state index contributed by atoms with van der Waals surface area (Å²) in [5, 5.41) is 4.07. The minimum atomic E-state index is 0.0135. The van der Waals surface area contributed by atoms with Crippen LogP contribution in [0.15, 0.2) is 42.5 Å². The average molecular weight is 415 g/mol. The molecule has 0 saturated carbocycles. The SMILES string of the molecule is CC[C@H](NC(=O)[C@@H]1CCCN(Cc2ccccc2Cl)C1)c1ccc(OC)c(C)c1. The summed E-state index contributed by atoms with van der Waals surface area (Å²) in [6.45, 7) is 6.71. The molecule has 2 aromatic carbocycles. The molecule has 1 aliphatic rings. The predicted octanol–water partition coefficient (Wildman–Crippen LogP) is 5.14. The van der Waals surface area contributed by atoms with E-state index >= 15 is 0 Å². The Morgan fingerprint density at radius 1 is 1.31 bits per heavy atom. The molecule has 4 nitrogen and oxygen atoms in total. The summed E-state index contributed by atoms with van der Waals surface area (Å²) in [5.41, 5.74) is 3.33. The number of carbonyl (C=O) groups is 1. The topological polar surface area (TPSA) is 41.6 Å². The molecule has 0 spiro atoms. The van der Waals surface area contributed by atoms with Crippen molar-refractivity contribution in [1.82, 2.24) is 10.2 Å². The summed E-state index contributed by atoms with van der Waals surface area (Å²) in [7, 11) is 1.68. The number of methoxy groups -OCH3 is 1. The number of hydrogen-bond donors (Lipinski definition) is 1. The molecule has 2 atom stereocenters. The Balaban J connectivity index is 1.63. The molecule has 1 aliphatic heterocycles. The van der Waals surface area contributed by atoms with E-state index in [1.54, 1.807) is 7.11 Å². The number of aryl methyl sites for hydroxylation is 1.